The number of hydrogen-bond donors (Lipinski definition) is 2. The lowest BCUT2D eigenvalue weighted by atomic mass is 10.5. The predicted molar refractivity (Wildman–Crippen MR) is 54.5 cm³/mol. The van der Waals surface area contributed by atoms with Gasteiger partial charge in [-0.2, -0.15) is 11.3 Å². The number of alkyl halides is 1. The molecule has 0 bridgehead atoms. The van der Waals surface area contributed by atoms with Crippen LogP contribution in [0.2, 0.25) is 0 Å². The van der Waals surface area contributed by atoms with Crippen LogP contribution in [0.3, 0.4) is 0 Å². The third kappa shape index (κ3) is 3.15. The Balaban J connectivity index is 2.27. The van der Waals surface area contributed by atoms with E-state index in [4.69, 9.17) is 12.2 Å². The molecule has 0 amide bonds. The molecule has 0 unspecified atom stereocenters. The van der Waals surface area contributed by atoms with Crippen molar-refractivity contribution in [2.45, 2.75) is 0 Å². The van der Waals surface area contributed by atoms with Crippen molar-refractivity contribution >= 4 is 34.4 Å². The molecular weight excluding hydrogens is 195 g/mol. The van der Waals surface area contributed by atoms with Gasteiger partial charge in [0.05, 0.1) is 5.69 Å². The van der Waals surface area contributed by atoms with Gasteiger partial charge >= 0.3 is 0 Å². The van der Waals surface area contributed by atoms with E-state index >= 15 is 0 Å². The molecule has 0 spiro atoms. The minimum absolute atomic E-state index is 0.260. The van der Waals surface area contributed by atoms with Gasteiger partial charge in [-0.3, -0.25) is 0 Å². The first-order valence-corrected chi connectivity index (χ1v) is 4.81. The van der Waals surface area contributed by atoms with Gasteiger partial charge in [-0.25, -0.2) is 4.39 Å². The number of rotatable bonds is 3. The highest BCUT2D eigenvalue weighted by Crippen LogP contribution is 2.10. The van der Waals surface area contributed by atoms with Gasteiger partial charge in [0.15, 0.2) is 5.11 Å². The summed E-state index contributed by atoms with van der Waals surface area (Å²) < 4.78 is 11.7. The number of thiocarbonyl (C=S) groups is 1. The molecule has 2 nitrogen and oxygen atoms in total. The maximum Gasteiger partial charge on any atom is 0.170 e. The van der Waals surface area contributed by atoms with Crippen LogP contribution in [0.25, 0.3) is 0 Å². The molecule has 1 rings (SSSR count). The Hall–Kier alpha value is -0.680. The van der Waals surface area contributed by atoms with E-state index in [1.54, 1.807) is 11.3 Å². The van der Waals surface area contributed by atoms with Crippen LogP contribution in [0, 0.1) is 0 Å². The van der Waals surface area contributed by atoms with Crippen molar-refractivity contribution in [3.63, 3.8) is 0 Å². The molecule has 0 aliphatic rings. The number of thiophene rings is 1. The van der Waals surface area contributed by atoms with Crippen LogP contribution in [0.5, 0.6) is 0 Å². The third-order valence-corrected chi connectivity index (χ3v) is 2.09. The fourth-order valence-electron chi connectivity index (χ4n) is 0.672. The molecule has 0 saturated heterocycles. The Morgan fingerprint density at radius 2 is 2.50 bits per heavy atom. The molecular formula is C7H9FN2S2. The summed E-state index contributed by atoms with van der Waals surface area (Å²) in [6, 6.07) is 1.91. The van der Waals surface area contributed by atoms with Crippen LogP contribution < -0.4 is 10.6 Å². The molecule has 66 valence electrons. The largest absolute Gasteiger partial charge is 0.360 e. The highest BCUT2D eigenvalue weighted by molar-refractivity contribution is 7.80. The van der Waals surface area contributed by atoms with E-state index in [0.29, 0.717) is 5.11 Å². The van der Waals surface area contributed by atoms with Gasteiger partial charge in [0.1, 0.15) is 6.67 Å². The lowest BCUT2D eigenvalue weighted by Gasteiger charge is -2.06. The molecule has 0 fully saturated rings. The summed E-state index contributed by atoms with van der Waals surface area (Å²) >= 11 is 6.46. The Kier molecular flexibility index (Phi) is 3.96. The average molecular weight is 204 g/mol. The summed E-state index contributed by atoms with van der Waals surface area (Å²) in [5, 5.41) is 9.98. The van der Waals surface area contributed by atoms with Crippen molar-refractivity contribution in [2.75, 3.05) is 18.5 Å². The number of anilines is 1. The highest BCUT2D eigenvalue weighted by Gasteiger charge is 1.95. The molecule has 0 aliphatic carbocycles. The topological polar surface area (TPSA) is 24.1 Å². The zero-order valence-electron chi connectivity index (χ0n) is 6.34. The van der Waals surface area contributed by atoms with Gasteiger partial charge in [-0.1, -0.05) is 0 Å². The first-order valence-electron chi connectivity index (χ1n) is 3.46. The van der Waals surface area contributed by atoms with Crippen LogP contribution in [-0.2, 0) is 0 Å². The van der Waals surface area contributed by atoms with E-state index in [9.17, 15) is 4.39 Å². The predicted octanol–water partition coefficient (Wildman–Crippen LogP) is 2.00. The zero-order chi connectivity index (χ0) is 8.81. The zero-order valence-corrected chi connectivity index (χ0v) is 7.97. The SMILES string of the molecule is FCCNC(=S)Nc1ccsc1. The van der Waals surface area contributed by atoms with E-state index in [0.717, 1.165) is 5.69 Å². The molecule has 0 atom stereocenters. The quantitative estimate of drug-likeness (QED) is 0.736. The van der Waals surface area contributed by atoms with Crippen molar-refractivity contribution in [3.8, 4) is 0 Å². The minimum atomic E-state index is -0.411. The van der Waals surface area contributed by atoms with Gasteiger partial charge in [-0.05, 0) is 23.7 Å². The summed E-state index contributed by atoms with van der Waals surface area (Å²) in [6.45, 7) is -0.151. The lowest BCUT2D eigenvalue weighted by molar-refractivity contribution is 0.492. The molecule has 0 aliphatic heterocycles. The summed E-state index contributed by atoms with van der Waals surface area (Å²) in [5.74, 6) is 0. The molecule has 1 aromatic rings. The molecule has 1 aromatic heterocycles. The summed E-state index contributed by atoms with van der Waals surface area (Å²) in [4.78, 5) is 0. The van der Waals surface area contributed by atoms with Crippen molar-refractivity contribution in [2.24, 2.45) is 0 Å². The lowest BCUT2D eigenvalue weighted by Crippen LogP contribution is -2.29. The van der Waals surface area contributed by atoms with E-state index in [1.807, 2.05) is 16.8 Å². The summed E-state index contributed by atoms with van der Waals surface area (Å²) in [5.41, 5.74) is 0.941. The van der Waals surface area contributed by atoms with Crippen molar-refractivity contribution in [1.29, 1.82) is 0 Å². The standard InChI is InChI=1S/C7H9FN2S2/c8-2-3-9-7(11)10-6-1-4-12-5-6/h1,4-5H,2-3H2,(H2,9,10,11). The van der Waals surface area contributed by atoms with Crippen LogP contribution >= 0.6 is 23.6 Å². The first-order chi connectivity index (χ1) is 5.83. The van der Waals surface area contributed by atoms with E-state index in [1.165, 1.54) is 0 Å². The van der Waals surface area contributed by atoms with Gasteiger partial charge in [0.2, 0.25) is 0 Å². The van der Waals surface area contributed by atoms with Gasteiger partial charge in [-0.15, -0.1) is 0 Å². The van der Waals surface area contributed by atoms with Gasteiger partial charge in [0, 0.05) is 11.9 Å². The number of halogens is 1. The molecule has 0 saturated carbocycles. The van der Waals surface area contributed by atoms with Crippen LogP contribution in [0.1, 0.15) is 0 Å². The Morgan fingerprint density at radius 3 is 3.08 bits per heavy atom. The summed E-state index contributed by atoms with van der Waals surface area (Å²) in [7, 11) is 0. The molecule has 1 heterocycles. The van der Waals surface area contributed by atoms with Crippen molar-refractivity contribution < 1.29 is 4.39 Å². The average Bonchev–Trinajstić information content (AvgIpc) is 2.53. The van der Waals surface area contributed by atoms with E-state index in [2.05, 4.69) is 10.6 Å². The Labute approximate surface area is 79.8 Å². The fraction of sp³-hybridized carbons (Fsp3) is 0.286. The van der Waals surface area contributed by atoms with Crippen LogP contribution in [-0.4, -0.2) is 18.3 Å². The number of nitrogens with one attached hydrogen (secondary N) is 2. The molecule has 0 aromatic carbocycles. The second-order valence-corrected chi connectivity index (χ2v) is 3.27. The van der Waals surface area contributed by atoms with Crippen LogP contribution in [0.4, 0.5) is 10.1 Å². The highest BCUT2D eigenvalue weighted by atomic mass is 32.1. The maximum atomic E-state index is 11.7. The normalized spacial score (nSPS) is 9.42. The third-order valence-electron chi connectivity index (χ3n) is 1.16. The molecule has 5 heteroatoms. The molecule has 2 N–H and O–H groups in total. The number of hydrogen-bond acceptors (Lipinski definition) is 2. The van der Waals surface area contributed by atoms with Crippen molar-refractivity contribution in [1.82, 2.24) is 5.32 Å². The monoisotopic (exact) mass is 204 g/mol. The van der Waals surface area contributed by atoms with E-state index in [-0.39, 0.29) is 6.54 Å². The smallest absolute Gasteiger partial charge is 0.170 e. The summed E-state index contributed by atoms with van der Waals surface area (Å²) in [6.07, 6.45) is 0. The van der Waals surface area contributed by atoms with Crippen molar-refractivity contribution in [3.05, 3.63) is 16.8 Å². The molecule has 0 radical (unpaired) electrons. The minimum Gasteiger partial charge on any atom is -0.360 e. The Bertz CT molecular complexity index is 236. The second-order valence-electron chi connectivity index (χ2n) is 2.08. The molecule has 12 heavy (non-hydrogen) atoms. The first kappa shape index (κ1) is 9.41. The van der Waals surface area contributed by atoms with E-state index < -0.39 is 6.67 Å². The maximum absolute atomic E-state index is 11.7. The second kappa shape index (κ2) is 5.05. The fourth-order valence-corrected chi connectivity index (χ4v) is 1.48. The van der Waals surface area contributed by atoms with Gasteiger partial charge in [0.25, 0.3) is 0 Å². The Morgan fingerprint density at radius 1 is 1.67 bits per heavy atom. The van der Waals surface area contributed by atoms with Crippen LogP contribution in [0.15, 0.2) is 16.8 Å². The van der Waals surface area contributed by atoms with Gasteiger partial charge < -0.3 is 10.6 Å².